The van der Waals surface area contributed by atoms with Crippen molar-refractivity contribution in [3.05, 3.63) is 42.6 Å². The van der Waals surface area contributed by atoms with Crippen LogP contribution in [-0.2, 0) is 0 Å². The van der Waals surface area contributed by atoms with Gasteiger partial charge in [0.25, 0.3) is 0 Å². The monoisotopic (exact) mass is 325 g/mol. The molecule has 6 heteroatoms. The number of nitrogens with two attached hydrogens (primary N) is 1. The standard InChI is InChI=1S/C18H20FN5/c19-15-4-1-5-16-18(15)21-10-17(23-16)13-9-22-24(11-13)14-7-12(8-14)3-2-6-20/h1,4-5,9-12,14H,2-3,6-8,20H2. The molecule has 0 spiro atoms. The zero-order valence-electron chi connectivity index (χ0n) is 13.4. The van der Waals surface area contributed by atoms with E-state index in [-0.39, 0.29) is 5.82 Å². The first-order valence-electron chi connectivity index (χ1n) is 8.40. The van der Waals surface area contributed by atoms with Gasteiger partial charge in [-0.15, -0.1) is 0 Å². The van der Waals surface area contributed by atoms with Gasteiger partial charge in [-0.1, -0.05) is 6.07 Å². The summed E-state index contributed by atoms with van der Waals surface area (Å²) in [5.41, 5.74) is 8.06. The second kappa shape index (κ2) is 6.28. The summed E-state index contributed by atoms with van der Waals surface area (Å²) < 4.78 is 15.7. The van der Waals surface area contributed by atoms with Crippen molar-refractivity contribution in [2.45, 2.75) is 31.7 Å². The molecule has 2 aromatic heterocycles. The van der Waals surface area contributed by atoms with Gasteiger partial charge in [-0.3, -0.25) is 4.68 Å². The summed E-state index contributed by atoms with van der Waals surface area (Å²) in [4.78, 5) is 8.71. The maximum Gasteiger partial charge on any atom is 0.151 e. The van der Waals surface area contributed by atoms with Crippen molar-refractivity contribution in [1.29, 1.82) is 0 Å². The number of aromatic nitrogens is 4. The Morgan fingerprint density at radius 1 is 1.25 bits per heavy atom. The maximum absolute atomic E-state index is 13.7. The summed E-state index contributed by atoms with van der Waals surface area (Å²) in [7, 11) is 0. The zero-order valence-corrected chi connectivity index (χ0v) is 13.4. The average Bonchev–Trinajstić information content (AvgIpc) is 3.03. The molecule has 0 bridgehead atoms. The number of hydrogen-bond donors (Lipinski definition) is 1. The molecule has 0 amide bonds. The zero-order chi connectivity index (χ0) is 16.5. The first kappa shape index (κ1) is 15.2. The summed E-state index contributed by atoms with van der Waals surface area (Å²) in [6.07, 6.45) is 10.1. The minimum Gasteiger partial charge on any atom is -0.330 e. The van der Waals surface area contributed by atoms with Crippen LogP contribution in [0, 0.1) is 11.7 Å². The van der Waals surface area contributed by atoms with Crippen LogP contribution < -0.4 is 5.73 Å². The van der Waals surface area contributed by atoms with Gasteiger partial charge in [-0.05, 0) is 50.3 Å². The molecule has 5 nitrogen and oxygen atoms in total. The number of halogens is 1. The van der Waals surface area contributed by atoms with Crippen LogP contribution in [-0.4, -0.2) is 26.3 Å². The van der Waals surface area contributed by atoms with Crippen LogP contribution in [0.4, 0.5) is 4.39 Å². The van der Waals surface area contributed by atoms with Crippen LogP contribution in [0.15, 0.2) is 36.8 Å². The van der Waals surface area contributed by atoms with Crippen molar-refractivity contribution < 1.29 is 4.39 Å². The predicted molar refractivity (Wildman–Crippen MR) is 90.8 cm³/mol. The third-order valence-corrected chi connectivity index (χ3v) is 4.82. The Bertz CT molecular complexity index is 853. The van der Waals surface area contributed by atoms with Gasteiger partial charge in [0.15, 0.2) is 5.82 Å². The Kier molecular flexibility index (Phi) is 3.98. The number of benzene rings is 1. The van der Waals surface area contributed by atoms with E-state index in [2.05, 4.69) is 15.1 Å². The van der Waals surface area contributed by atoms with E-state index >= 15 is 0 Å². The molecule has 124 valence electrons. The second-order valence-electron chi connectivity index (χ2n) is 6.49. The summed E-state index contributed by atoms with van der Waals surface area (Å²) in [5, 5.41) is 4.48. The van der Waals surface area contributed by atoms with Gasteiger partial charge in [0.2, 0.25) is 0 Å². The lowest BCUT2D eigenvalue weighted by Gasteiger charge is -2.35. The minimum absolute atomic E-state index is 0.301. The van der Waals surface area contributed by atoms with E-state index < -0.39 is 0 Å². The van der Waals surface area contributed by atoms with Crippen LogP contribution in [0.3, 0.4) is 0 Å². The Morgan fingerprint density at radius 3 is 2.96 bits per heavy atom. The van der Waals surface area contributed by atoms with E-state index in [4.69, 9.17) is 5.73 Å². The highest BCUT2D eigenvalue weighted by Gasteiger charge is 2.30. The molecule has 1 aliphatic rings. The molecule has 0 unspecified atom stereocenters. The summed E-state index contributed by atoms with van der Waals surface area (Å²) in [6, 6.07) is 5.28. The highest BCUT2D eigenvalue weighted by molar-refractivity contribution is 5.77. The predicted octanol–water partition coefficient (Wildman–Crippen LogP) is 3.32. The van der Waals surface area contributed by atoms with Crippen molar-refractivity contribution >= 4 is 11.0 Å². The molecule has 1 aliphatic carbocycles. The molecule has 1 fully saturated rings. The molecule has 24 heavy (non-hydrogen) atoms. The Balaban J connectivity index is 1.51. The minimum atomic E-state index is -0.347. The van der Waals surface area contributed by atoms with Crippen LogP contribution in [0.2, 0.25) is 0 Å². The molecule has 0 radical (unpaired) electrons. The summed E-state index contributed by atoms with van der Waals surface area (Å²) >= 11 is 0. The molecule has 2 N–H and O–H groups in total. The molecule has 0 atom stereocenters. The first-order chi connectivity index (χ1) is 11.7. The van der Waals surface area contributed by atoms with E-state index in [0.29, 0.717) is 17.1 Å². The van der Waals surface area contributed by atoms with Gasteiger partial charge < -0.3 is 5.73 Å². The number of rotatable bonds is 5. The molecule has 3 aromatic rings. The van der Waals surface area contributed by atoms with Crippen molar-refractivity contribution in [3.63, 3.8) is 0 Å². The first-order valence-corrected chi connectivity index (χ1v) is 8.40. The fourth-order valence-corrected chi connectivity index (χ4v) is 3.37. The quantitative estimate of drug-likeness (QED) is 0.781. The highest BCUT2D eigenvalue weighted by atomic mass is 19.1. The fraction of sp³-hybridized carbons (Fsp3) is 0.389. The Hall–Kier alpha value is -2.34. The van der Waals surface area contributed by atoms with Crippen molar-refractivity contribution in [3.8, 4) is 11.3 Å². The van der Waals surface area contributed by atoms with Crippen LogP contribution in [0.1, 0.15) is 31.7 Å². The van der Waals surface area contributed by atoms with Gasteiger partial charge in [-0.2, -0.15) is 5.10 Å². The average molecular weight is 325 g/mol. The van der Waals surface area contributed by atoms with E-state index in [1.807, 2.05) is 17.1 Å². The SMILES string of the molecule is NCCCC1CC(n2cc(-c3cnc4c(F)cccc4n3)cn2)C1. The van der Waals surface area contributed by atoms with Gasteiger partial charge in [0.05, 0.1) is 29.6 Å². The van der Waals surface area contributed by atoms with Crippen LogP contribution in [0.5, 0.6) is 0 Å². The molecule has 0 saturated heterocycles. The van der Waals surface area contributed by atoms with E-state index in [1.165, 1.54) is 12.5 Å². The number of hydrogen-bond acceptors (Lipinski definition) is 4. The molecule has 1 saturated carbocycles. The van der Waals surface area contributed by atoms with Gasteiger partial charge in [0, 0.05) is 11.8 Å². The largest absolute Gasteiger partial charge is 0.330 e. The highest BCUT2D eigenvalue weighted by Crippen LogP contribution is 2.40. The van der Waals surface area contributed by atoms with Crippen molar-refractivity contribution in [2.24, 2.45) is 11.7 Å². The second-order valence-corrected chi connectivity index (χ2v) is 6.49. The van der Waals surface area contributed by atoms with Crippen molar-refractivity contribution in [2.75, 3.05) is 6.54 Å². The topological polar surface area (TPSA) is 69.6 Å². The van der Waals surface area contributed by atoms with Crippen molar-refractivity contribution in [1.82, 2.24) is 19.7 Å². The van der Waals surface area contributed by atoms with Crippen LogP contribution in [0.25, 0.3) is 22.3 Å². The van der Waals surface area contributed by atoms with E-state index in [1.54, 1.807) is 18.3 Å². The fourth-order valence-electron chi connectivity index (χ4n) is 3.37. The van der Waals surface area contributed by atoms with Gasteiger partial charge in [0.1, 0.15) is 5.52 Å². The van der Waals surface area contributed by atoms with Gasteiger partial charge in [-0.25, -0.2) is 14.4 Å². The lowest BCUT2D eigenvalue weighted by atomic mass is 9.77. The van der Waals surface area contributed by atoms with E-state index in [0.717, 1.165) is 43.0 Å². The Labute approximate surface area is 139 Å². The Morgan fingerprint density at radius 2 is 2.12 bits per heavy atom. The normalized spacial score (nSPS) is 20.2. The maximum atomic E-state index is 13.7. The van der Waals surface area contributed by atoms with E-state index in [9.17, 15) is 4.39 Å². The molecule has 0 aliphatic heterocycles. The summed E-state index contributed by atoms with van der Waals surface area (Å²) in [5.74, 6) is 0.426. The number of nitrogens with zero attached hydrogens (tertiary/aromatic N) is 4. The molecule has 2 heterocycles. The van der Waals surface area contributed by atoms with Crippen LogP contribution >= 0.6 is 0 Å². The lowest BCUT2D eigenvalue weighted by molar-refractivity contribution is 0.171. The number of para-hydroxylation sites is 1. The smallest absolute Gasteiger partial charge is 0.151 e. The summed E-state index contributed by atoms with van der Waals surface area (Å²) in [6.45, 7) is 0.772. The number of fused-ring (bicyclic) bond motifs is 1. The third kappa shape index (κ3) is 2.78. The van der Waals surface area contributed by atoms with Gasteiger partial charge >= 0.3 is 0 Å². The molecule has 4 rings (SSSR count). The molecule has 1 aromatic carbocycles. The lowest BCUT2D eigenvalue weighted by Crippen LogP contribution is -2.27. The third-order valence-electron chi connectivity index (χ3n) is 4.82. The molecular weight excluding hydrogens is 305 g/mol. The molecular formula is C18H20FN5.